The molecule has 1 fully saturated rings. The van der Waals surface area contributed by atoms with E-state index in [0.717, 1.165) is 49.6 Å². The molecule has 26 heavy (non-hydrogen) atoms. The van der Waals surface area contributed by atoms with E-state index in [1.54, 1.807) is 31.4 Å². The molecule has 0 bridgehead atoms. The van der Waals surface area contributed by atoms with Gasteiger partial charge in [-0.05, 0) is 23.8 Å². The molecule has 7 heteroatoms. The molecule has 2 aromatic carbocycles. The van der Waals surface area contributed by atoms with Gasteiger partial charge in [0.15, 0.2) is 0 Å². The Bertz CT molecular complexity index is 756. The van der Waals surface area contributed by atoms with Crippen LogP contribution in [-0.4, -0.2) is 53.1 Å². The number of nitrogens with zero attached hydrogens (tertiary/aromatic N) is 3. The van der Waals surface area contributed by atoms with Crippen molar-refractivity contribution in [1.82, 2.24) is 9.80 Å². The van der Waals surface area contributed by atoms with Gasteiger partial charge in [-0.25, -0.2) is 0 Å². The van der Waals surface area contributed by atoms with Gasteiger partial charge in [0, 0.05) is 57.0 Å². The smallest absolute Gasteiger partial charge is 0.269 e. The first-order valence-corrected chi connectivity index (χ1v) is 8.59. The Morgan fingerprint density at radius 2 is 1.65 bits per heavy atom. The van der Waals surface area contributed by atoms with Crippen molar-refractivity contribution in [2.24, 2.45) is 0 Å². The Morgan fingerprint density at radius 1 is 1.04 bits per heavy atom. The van der Waals surface area contributed by atoms with Gasteiger partial charge in [-0.2, -0.15) is 0 Å². The van der Waals surface area contributed by atoms with Crippen LogP contribution < -0.4 is 4.74 Å². The average Bonchev–Trinajstić information content (AvgIpc) is 2.65. The minimum atomic E-state index is -0.378. The Balaban J connectivity index is 1.52. The summed E-state index contributed by atoms with van der Waals surface area (Å²) in [4.78, 5) is 15.0. The predicted molar refractivity (Wildman–Crippen MR) is 98.3 cm³/mol. The van der Waals surface area contributed by atoms with Crippen molar-refractivity contribution < 1.29 is 14.8 Å². The van der Waals surface area contributed by atoms with Crippen molar-refractivity contribution in [3.63, 3.8) is 0 Å². The maximum atomic E-state index is 10.7. The van der Waals surface area contributed by atoms with Crippen molar-refractivity contribution >= 4 is 5.69 Å². The van der Waals surface area contributed by atoms with Crippen molar-refractivity contribution in [3.05, 3.63) is 63.7 Å². The monoisotopic (exact) mass is 357 g/mol. The first kappa shape index (κ1) is 18.2. The summed E-state index contributed by atoms with van der Waals surface area (Å²) in [6.45, 7) is 5.13. The van der Waals surface area contributed by atoms with E-state index < -0.39 is 0 Å². The third kappa shape index (κ3) is 4.50. The molecule has 0 spiro atoms. The first-order chi connectivity index (χ1) is 12.5. The van der Waals surface area contributed by atoms with Gasteiger partial charge >= 0.3 is 0 Å². The van der Waals surface area contributed by atoms with Crippen LogP contribution in [-0.2, 0) is 13.1 Å². The van der Waals surface area contributed by atoms with Gasteiger partial charge in [-0.3, -0.25) is 19.9 Å². The molecule has 0 unspecified atom stereocenters. The summed E-state index contributed by atoms with van der Waals surface area (Å²) in [7, 11) is 1.62. The summed E-state index contributed by atoms with van der Waals surface area (Å²) in [6.07, 6.45) is 0. The molecule has 138 valence electrons. The molecule has 0 amide bonds. The summed E-state index contributed by atoms with van der Waals surface area (Å²) in [6, 6.07) is 12.0. The van der Waals surface area contributed by atoms with Crippen molar-refractivity contribution in [3.8, 4) is 11.5 Å². The highest BCUT2D eigenvalue weighted by atomic mass is 16.6. The number of non-ortho nitro benzene ring substituents is 1. The second-order valence-electron chi connectivity index (χ2n) is 6.47. The molecule has 0 saturated carbocycles. The molecule has 3 rings (SSSR count). The van der Waals surface area contributed by atoms with Gasteiger partial charge in [-0.1, -0.05) is 12.1 Å². The number of nitro benzene ring substituents is 1. The van der Waals surface area contributed by atoms with Gasteiger partial charge in [0.25, 0.3) is 5.69 Å². The number of phenols is 1. The highest BCUT2D eigenvalue weighted by molar-refractivity contribution is 5.39. The van der Waals surface area contributed by atoms with Crippen LogP contribution in [0.3, 0.4) is 0 Å². The molecule has 2 aromatic rings. The Kier molecular flexibility index (Phi) is 5.70. The molecule has 1 aliphatic rings. The molecule has 0 radical (unpaired) electrons. The van der Waals surface area contributed by atoms with E-state index in [1.807, 2.05) is 18.2 Å². The first-order valence-electron chi connectivity index (χ1n) is 8.59. The van der Waals surface area contributed by atoms with Crippen LogP contribution in [0.1, 0.15) is 11.1 Å². The number of hydrogen-bond acceptors (Lipinski definition) is 6. The highest BCUT2D eigenvalue weighted by Crippen LogP contribution is 2.24. The summed E-state index contributed by atoms with van der Waals surface area (Å²) < 4.78 is 5.23. The second-order valence-corrected chi connectivity index (χ2v) is 6.47. The summed E-state index contributed by atoms with van der Waals surface area (Å²) in [5.41, 5.74) is 2.07. The van der Waals surface area contributed by atoms with Gasteiger partial charge in [-0.15, -0.1) is 0 Å². The SMILES string of the molecule is COc1ccc(O)c(CN2CCN(Cc3ccc([N+](=O)[O-])cc3)CC2)c1. The van der Waals surface area contributed by atoms with E-state index in [1.165, 1.54) is 0 Å². The standard InChI is InChI=1S/C19H23N3O4/c1-26-18-6-7-19(23)16(12-18)14-21-10-8-20(9-11-21)13-15-2-4-17(5-3-15)22(24)25/h2-7,12,23H,8-11,13-14H2,1H3. The van der Waals surface area contributed by atoms with E-state index in [4.69, 9.17) is 4.74 Å². The third-order valence-corrected chi connectivity index (χ3v) is 4.70. The Labute approximate surface area is 152 Å². The van der Waals surface area contributed by atoms with Crippen molar-refractivity contribution in [2.45, 2.75) is 13.1 Å². The lowest BCUT2D eigenvalue weighted by Gasteiger charge is -2.34. The summed E-state index contributed by atoms with van der Waals surface area (Å²) in [5.74, 6) is 1.04. The predicted octanol–water partition coefficient (Wildman–Crippen LogP) is 2.63. The molecular formula is C19H23N3O4. The molecule has 1 saturated heterocycles. The topological polar surface area (TPSA) is 79.1 Å². The van der Waals surface area contributed by atoms with Crippen LogP contribution in [0, 0.1) is 10.1 Å². The van der Waals surface area contributed by atoms with Gasteiger partial charge in [0.05, 0.1) is 12.0 Å². The van der Waals surface area contributed by atoms with Crippen LogP contribution in [0.15, 0.2) is 42.5 Å². The molecule has 0 atom stereocenters. The molecule has 7 nitrogen and oxygen atoms in total. The number of rotatable bonds is 6. The number of piperazine rings is 1. The number of methoxy groups -OCH3 is 1. The Hall–Kier alpha value is -2.64. The maximum Gasteiger partial charge on any atom is 0.269 e. The lowest BCUT2D eigenvalue weighted by atomic mass is 10.1. The zero-order valence-corrected chi connectivity index (χ0v) is 14.8. The second kappa shape index (κ2) is 8.16. The fourth-order valence-electron chi connectivity index (χ4n) is 3.14. The quantitative estimate of drug-likeness (QED) is 0.632. The number of aromatic hydroxyl groups is 1. The lowest BCUT2D eigenvalue weighted by molar-refractivity contribution is -0.384. The molecular weight excluding hydrogens is 334 g/mol. The minimum absolute atomic E-state index is 0.122. The zero-order valence-electron chi connectivity index (χ0n) is 14.8. The zero-order chi connectivity index (χ0) is 18.5. The van der Waals surface area contributed by atoms with E-state index in [0.29, 0.717) is 12.3 Å². The molecule has 0 aliphatic carbocycles. The summed E-state index contributed by atoms with van der Waals surface area (Å²) >= 11 is 0. The van der Waals surface area contributed by atoms with Gasteiger partial charge < -0.3 is 9.84 Å². The van der Waals surface area contributed by atoms with Crippen LogP contribution in [0.4, 0.5) is 5.69 Å². The average molecular weight is 357 g/mol. The van der Waals surface area contributed by atoms with Crippen LogP contribution in [0.25, 0.3) is 0 Å². The number of hydrogen-bond donors (Lipinski definition) is 1. The van der Waals surface area contributed by atoms with Crippen LogP contribution in [0.2, 0.25) is 0 Å². The number of phenolic OH excluding ortho intramolecular Hbond substituents is 1. The van der Waals surface area contributed by atoms with E-state index in [-0.39, 0.29) is 10.6 Å². The van der Waals surface area contributed by atoms with E-state index in [9.17, 15) is 15.2 Å². The third-order valence-electron chi connectivity index (χ3n) is 4.70. The minimum Gasteiger partial charge on any atom is -0.508 e. The van der Waals surface area contributed by atoms with Crippen molar-refractivity contribution in [2.75, 3.05) is 33.3 Å². The van der Waals surface area contributed by atoms with Crippen LogP contribution in [0.5, 0.6) is 11.5 Å². The van der Waals surface area contributed by atoms with Gasteiger partial charge in [0.1, 0.15) is 11.5 Å². The molecule has 1 N–H and O–H groups in total. The molecule has 0 aromatic heterocycles. The van der Waals surface area contributed by atoms with Gasteiger partial charge in [0.2, 0.25) is 0 Å². The largest absolute Gasteiger partial charge is 0.508 e. The number of nitro groups is 1. The highest BCUT2D eigenvalue weighted by Gasteiger charge is 2.18. The number of ether oxygens (including phenoxy) is 1. The maximum absolute atomic E-state index is 10.7. The normalized spacial score (nSPS) is 15.7. The van der Waals surface area contributed by atoms with Crippen molar-refractivity contribution in [1.29, 1.82) is 0 Å². The molecule has 1 heterocycles. The lowest BCUT2D eigenvalue weighted by Crippen LogP contribution is -2.45. The summed E-state index contributed by atoms with van der Waals surface area (Å²) in [5, 5.41) is 20.7. The number of benzene rings is 2. The van der Waals surface area contributed by atoms with Crippen LogP contribution >= 0.6 is 0 Å². The molecule has 1 aliphatic heterocycles. The fourth-order valence-corrected chi connectivity index (χ4v) is 3.14. The fraction of sp³-hybridized carbons (Fsp3) is 0.368. The van der Waals surface area contributed by atoms with E-state index >= 15 is 0 Å². The Morgan fingerprint density at radius 3 is 2.23 bits per heavy atom. The van der Waals surface area contributed by atoms with E-state index in [2.05, 4.69) is 9.80 Å².